The molecule has 0 saturated carbocycles. The Morgan fingerprint density at radius 2 is 1.37 bits per heavy atom. The van der Waals surface area contributed by atoms with Gasteiger partial charge in [0.2, 0.25) is 41.4 Å². The summed E-state index contributed by atoms with van der Waals surface area (Å²) < 4.78 is 15.4. The number of fused-ring (bicyclic) bond motifs is 1. The molecule has 0 aliphatic carbocycles. The zero-order chi connectivity index (χ0) is 55.9. The van der Waals surface area contributed by atoms with Gasteiger partial charge in [0.05, 0.1) is 12.5 Å². The largest absolute Gasteiger partial charge is 0.370 e. The Morgan fingerprint density at radius 1 is 0.711 bits per heavy atom. The summed E-state index contributed by atoms with van der Waals surface area (Å²) in [6, 6.07) is 5.31. The van der Waals surface area contributed by atoms with Gasteiger partial charge in [-0.25, -0.2) is 4.39 Å². The molecule has 1 aliphatic rings. The van der Waals surface area contributed by atoms with Crippen molar-refractivity contribution in [3.05, 3.63) is 71.7 Å². The summed E-state index contributed by atoms with van der Waals surface area (Å²) in [4.78, 5) is 148. The van der Waals surface area contributed by atoms with Crippen LogP contribution in [-0.4, -0.2) is 119 Å². The number of ketones is 3. The Balaban J connectivity index is 1.79. The van der Waals surface area contributed by atoms with E-state index >= 15 is 4.39 Å². The van der Waals surface area contributed by atoms with E-state index in [-0.39, 0.29) is 107 Å². The average Bonchev–Trinajstić information content (AvgIpc) is 3.76. The van der Waals surface area contributed by atoms with Crippen molar-refractivity contribution in [2.75, 3.05) is 13.1 Å². The molecule has 76 heavy (non-hydrogen) atoms. The number of carbonyl (C=O) groups is 10. The molecule has 3 aromatic rings. The molecule has 2 heterocycles. The molecule has 412 valence electrons. The maximum atomic E-state index is 15.4. The molecule has 4 rings (SSSR count). The highest BCUT2D eigenvalue weighted by Gasteiger charge is 2.36. The van der Waals surface area contributed by atoms with Crippen LogP contribution in [0.15, 0.2) is 64.7 Å². The Bertz CT molecular complexity index is 2630. The summed E-state index contributed by atoms with van der Waals surface area (Å²) in [7, 11) is 0. The van der Waals surface area contributed by atoms with E-state index in [1.807, 2.05) is 18.2 Å². The zero-order valence-corrected chi connectivity index (χ0v) is 42.6. The number of para-hydroxylation sites is 1. The van der Waals surface area contributed by atoms with E-state index < -0.39 is 126 Å². The SMILES string of the molecule is CC(=O)N[C@@H](CCCN=C(N)N)C(=O)N[C@H]1CCCCC(=O)CC[C@@H](C(N)=O)NC(=O)[C@H](Cc2c[nH]c3ccccc23)CC(=O)[C@H](CCCN=C(N)N)CC(=O)[C@@H](Cc2ccccc2F)NC(=O)[C@H](CC(N)=O)NC1=O. The fourth-order valence-electron chi connectivity index (χ4n) is 8.86. The smallest absolute Gasteiger partial charge is 0.243 e. The number of aromatic amines is 1. The molecule has 0 bridgehead atoms. The number of nitrogens with zero attached hydrogens (tertiary/aromatic N) is 2. The third kappa shape index (κ3) is 20.2. The van der Waals surface area contributed by atoms with Crippen molar-refractivity contribution in [3.63, 3.8) is 0 Å². The van der Waals surface area contributed by atoms with Gasteiger partial charge in [0, 0.05) is 81.1 Å². The molecule has 1 aromatic heterocycles. The van der Waals surface area contributed by atoms with Crippen molar-refractivity contribution in [1.82, 2.24) is 31.6 Å². The lowest BCUT2D eigenvalue weighted by atomic mass is 9.83. The Kier molecular flexibility index (Phi) is 24.0. The van der Waals surface area contributed by atoms with Gasteiger partial charge in [-0.15, -0.1) is 0 Å². The first-order chi connectivity index (χ1) is 36.1. The van der Waals surface area contributed by atoms with Crippen LogP contribution in [0.2, 0.25) is 0 Å². The number of Topliss-reactive ketones (excluding diaryl/α,β-unsaturated/α-hetero) is 3. The maximum absolute atomic E-state index is 15.4. The number of halogens is 1. The number of aliphatic imine (C=N–C) groups is 2. The van der Waals surface area contributed by atoms with Gasteiger partial charge in [-0.05, 0) is 74.6 Å². The van der Waals surface area contributed by atoms with Gasteiger partial charge in [-0.2, -0.15) is 0 Å². The van der Waals surface area contributed by atoms with Crippen LogP contribution in [0.3, 0.4) is 0 Å². The summed E-state index contributed by atoms with van der Waals surface area (Å²) in [6.07, 6.45) is -0.630. The second-order valence-electron chi connectivity index (χ2n) is 18.9. The predicted octanol–water partition coefficient (Wildman–Crippen LogP) is -0.922. The van der Waals surface area contributed by atoms with Crippen LogP contribution in [0.1, 0.15) is 102 Å². The van der Waals surface area contributed by atoms with Gasteiger partial charge in [0.1, 0.15) is 41.6 Å². The van der Waals surface area contributed by atoms with Crippen LogP contribution in [0.25, 0.3) is 10.9 Å². The number of benzene rings is 2. The lowest BCUT2D eigenvalue weighted by Gasteiger charge is -2.27. The first-order valence-corrected chi connectivity index (χ1v) is 25.1. The quantitative estimate of drug-likeness (QED) is 0.0417. The van der Waals surface area contributed by atoms with Crippen molar-refractivity contribution in [1.29, 1.82) is 0 Å². The highest BCUT2D eigenvalue weighted by molar-refractivity contribution is 5.99. The molecule has 0 unspecified atom stereocenters. The molecule has 7 atom stereocenters. The number of guanidine groups is 2. The third-order valence-electron chi connectivity index (χ3n) is 12.8. The highest BCUT2D eigenvalue weighted by Crippen LogP contribution is 2.26. The maximum Gasteiger partial charge on any atom is 0.243 e. The molecular formula is C51H71FN14O10. The monoisotopic (exact) mass is 1060 g/mol. The van der Waals surface area contributed by atoms with Gasteiger partial charge in [-0.1, -0.05) is 42.8 Å². The molecule has 0 radical (unpaired) electrons. The second-order valence-corrected chi connectivity index (χ2v) is 18.9. The second kappa shape index (κ2) is 30.2. The number of nitrogens with one attached hydrogen (secondary N) is 6. The Morgan fingerprint density at radius 3 is 2.04 bits per heavy atom. The molecule has 1 saturated heterocycles. The minimum atomic E-state index is -1.78. The minimum absolute atomic E-state index is 0.0122. The Labute approximate surface area is 438 Å². The van der Waals surface area contributed by atoms with Crippen molar-refractivity contribution in [3.8, 4) is 0 Å². The molecule has 7 amide bonds. The molecule has 1 fully saturated rings. The minimum Gasteiger partial charge on any atom is -0.370 e. The first-order valence-electron chi connectivity index (χ1n) is 25.1. The van der Waals surface area contributed by atoms with Crippen LogP contribution < -0.4 is 61.0 Å². The number of rotatable bonds is 18. The fourth-order valence-corrected chi connectivity index (χ4v) is 8.86. The highest BCUT2D eigenvalue weighted by atomic mass is 19.1. The summed E-state index contributed by atoms with van der Waals surface area (Å²) in [6.45, 7) is 1.32. The molecule has 18 N–H and O–H groups in total. The summed E-state index contributed by atoms with van der Waals surface area (Å²) in [5.41, 5.74) is 34.7. The van der Waals surface area contributed by atoms with Crippen molar-refractivity contribution in [2.45, 2.75) is 133 Å². The van der Waals surface area contributed by atoms with Gasteiger partial charge in [-0.3, -0.25) is 57.9 Å². The number of amides is 7. The van der Waals surface area contributed by atoms with Crippen LogP contribution >= 0.6 is 0 Å². The van der Waals surface area contributed by atoms with E-state index in [1.54, 1.807) is 12.3 Å². The first kappa shape index (κ1) is 60.3. The lowest BCUT2D eigenvalue weighted by molar-refractivity contribution is -0.136. The molecule has 25 heteroatoms. The molecule has 0 spiro atoms. The van der Waals surface area contributed by atoms with E-state index in [0.717, 1.165) is 17.0 Å². The van der Waals surface area contributed by atoms with Gasteiger partial charge in [0.15, 0.2) is 17.7 Å². The Hall–Kier alpha value is -8.25. The number of carbonyl (C=O) groups excluding carboxylic acids is 10. The van der Waals surface area contributed by atoms with Crippen molar-refractivity contribution in [2.24, 2.45) is 56.2 Å². The molecule has 2 aromatic carbocycles. The van der Waals surface area contributed by atoms with Crippen LogP contribution in [0, 0.1) is 17.7 Å². The third-order valence-corrected chi connectivity index (χ3v) is 12.8. The number of aromatic nitrogens is 1. The van der Waals surface area contributed by atoms with Gasteiger partial charge >= 0.3 is 0 Å². The van der Waals surface area contributed by atoms with Gasteiger partial charge in [0.25, 0.3) is 0 Å². The van der Waals surface area contributed by atoms with Crippen LogP contribution in [-0.2, 0) is 60.8 Å². The zero-order valence-electron chi connectivity index (χ0n) is 42.6. The van der Waals surface area contributed by atoms with E-state index in [2.05, 4.69) is 41.6 Å². The molecule has 1 aliphatic heterocycles. The fraction of sp³-hybridized carbons (Fsp3) is 0.490. The summed E-state index contributed by atoms with van der Waals surface area (Å²) in [5, 5.41) is 13.5. The van der Waals surface area contributed by atoms with Crippen LogP contribution in [0.4, 0.5) is 4.39 Å². The molecular weight excluding hydrogens is 988 g/mol. The number of H-pyrrole nitrogens is 1. The molecule has 24 nitrogen and oxygen atoms in total. The van der Waals surface area contributed by atoms with E-state index in [0.29, 0.717) is 5.56 Å². The topological polar surface area (TPSA) is 427 Å². The summed E-state index contributed by atoms with van der Waals surface area (Å²) in [5.74, 6) is -11.4. The normalized spacial score (nSPS) is 21.2. The van der Waals surface area contributed by atoms with E-state index in [1.165, 1.54) is 25.1 Å². The number of hydrogen-bond donors (Lipinski definition) is 12. The number of nitrogens with two attached hydrogens (primary N) is 6. The number of primary amides is 2. The van der Waals surface area contributed by atoms with Crippen molar-refractivity contribution < 1.29 is 52.3 Å². The number of hydrogen-bond acceptors (Lipinski definition) is 12. The predicted molar refractivity (Wildman–Crippen MR) is 279 cm³/mol. The van der Waals surface area contributed by atoms with E-state index in [4.69, 9.17) is 34.4 Å². The van der Waals surface area contributed by atoms with E-state index in [9.17, 15) is 47.9 Å². The lowest BCUT2D eigenvalue weighted by Crippen LogP contribution is -2.58. The standard InChI is InChI=1S/C51H71FN14O10/c1-28(67)62-38(17-9-21-60-51(57)58)47(74)64-39-16-6-3-12-33(68)18-19-37(45(54)72)63-46(73)31(22-32-27-61-36-15-7-4-13-34(32)36)25-42(69)30(11-8-20-59-50(55)56)24-43(70)40(23-29-10-2-5-14-35(29)52)65-49(76)41(26-44(53)71)66-48(39)75/h2,4-5,7,10,13-15,27,30-31,37-41,61H,3,6,8-9,11-12,16-26H2,1H3,(H2,53,71)(H2,54,72)(H,62,67)(H,63,73)(H,64,74)(H,65,76)(H,66,75)(H4,55,56,59)(H4,57,58,60)/t30-,31-,37+,38+,39+,40-,41+/m1/s1. The average molecular weight is 1060 g/mol. The van der Waals surface area contributed by atoms with Crippen molar-refractivity contribution >= 4 is 81.5 Å². The van der Waals surface area contributed by atoms with Crippen LogP contribution in [0.5, 0.6) is 0 Å². The summed E-state index contributed by atoms with van der Waals surface area (Å²) >= 11 is 0. The van der Waals surface area contributed by atoms with Gasteiger partial charge < -0.3 is 66.0 Å².